The van der Waals surface area contributed by atoms with Crippen LogP contribution in [-0.2, 0) is 13.1 Å². The Morgan fingerprint density at radius 2 is 1.53 bits per heavy atom. The summed E-state index contributed by atoms with van der Waals surface area (Å²) in [5.41, 5.74) is 1.71. The summed E-state index contributed by atoms with van der Waals surface area (Å²) in [6.45, 7) is 1.91. The predicted octanol–water partition coefficient (Wildman–Crippen LogP) is 3.54. The zero-order chi connectivity index (χ0) is 22.7. The van der Waals surface area contributed by atoms with Crippen LogP contribution in [0.2, 0.25) is 0 Å². The second-order valence-electron chi connectivity index (χ2n) is 7.70. The Morgan fingerprint density at radius 3 is 2.22 bits per heavy atom. The normalized spacial score (nSPS) is 12.1. The highest BCUT2D eigenvalue weighted by Gasteiger charge is 2.17. The third-order valence-corrected chi connectivity index (χ3v) is 5.61. The molecular formula is C26H24N2O4. The number of fused-ring (bicyclic) bond motifs is 1. The van der Waals surface area contributed by atoms with E-state index >= 15 is 0 Å². The maximum Gasteiger partial charge on any atom is 0.331 e. The first-order chi connectivity index (χ1) is 15.5. The number of hydrogen-bond acceptors (Lipinski definition) is 4. The van der Waals surface area contributed by atoms with Crippen LogP contribution in [0, 0.1) is 0 Å². The molecule has 0 aliphatic carbocycles. The smallest absolute Gasteiger partial charge is 0.331 e. The molecule has 6 nitrogen and oxygen atoms in total. The predicted molar refractivity (Wildman–Crippen MR) is 124 cm³/mol. The van der Waals surface area contributed by atoms with Crippen LogP contribution in [0.3, 0.4) is 0 Å². The Bertz CT molecular complexity index is 1370. The Kier molecular flexibility index (Phi) is 6.14. The van der Waals surface area contributed by atoms with Crippen LogP contribution in [0.1, 0.15) is 40.9 Å². The number of carbonyl (C=O) groups excluding carboxylic acids is 1. The molecule has 1 aromatic heterocycles. The van der Waals surface area contributed by atoms with Crippen LogP contribution in [0.4, 0.5) is 0 Å². The van der Waals surface area contributed by atoms with Crippen molar-refractivity contribution >= 4 is 16.7 Å². The monoisotopic (exact) mass is 428 g/mol. The van der Waals surface area contributed by atoms with E-state index in [4.69, 9.17) is 0 Å². The quantitative estimate of drug-likeness (QED) is 0.457. The zero-order valence-corrected chi connectivity index (χ0v) is 17.8. The molecule has 0 saturated carbocycles. The van der Waals surface area contributed by atoms with Gasteiger partial charge in [-0.2, -0.15) is 0 Å². The van der Waals surface area contributed by atoms with Gasteiger partial charge in [-0.05, 0) is 23.3 Å². The first kappa shape index (κ1) is 21.5. The highest BCUT2D eigenvalue weighted by atomic mass is 16.3. The van der Waals surface area contributed by atoms with Crippen LogP contribution in [-0.4, -0.2) is 20.0 Å². The van der Waals surface area contributed by atoms with Crippen LogP contribution in [0.15, 0.2) is 88.5 Å². The van der Waals surface area contributed by atoms with Crippen molar-refractivity contribution < 1.29 is 9.90 Å². The molecule has 4 aromatic rings. The molecule has 0 spiro atoms. The summed E-state index contributed by atoms with van der Waals surface area (Å²) < 4.78 is 2.63. The highest BCUT2D eigenvalue weighted by molar-refractivity contribution is 5.95. The lowest BCUT2D eigenvalue weighted by molar-refractivity contribution is 0.0988. The molecule has 4 rings (SSSR count). The first-order valence-corrected chi connectivity index (χ1v) is 10.6. The van der Waals surface area contributed by atoms with Gasteiger partial charge in [0.15, 0.2) is 5.78 Å². The van der Waals surface area contributed by atoms with E-state index in [2.05, 4.69) is 0 Å². The van der Waals surface area contributed by atoms with Gasteiger partial charge in [0, 0.05) is 12.0 Å². The molecule has 1 N–H and O–H groups in total. The summed E-state index contributed by atoms with van der Waals surface area (Å²) >= 11 is 0. The van der Waals surface area contributed by atoms with Gasteiger partial charge in [0.05, 0.1) is 30.1 Å². The lowest BCUT2D eigenvalue weighted by atomic mass is 10.1. The summed E-state index contributed by atoms with van der Waals surface area (Å²) in [5.74, 6) is 0.0580. The molecule has 1 atom stereocenters. The average molecular weight is 428 g/mol. The fourth-order valence-corrected chi connectivity index (χ4v) is 3.82. The molecule has 3 aromatic carbocycles. The number of hydrogen-bond donors (Lipinski definition) is 1. The summed E-state index contributed by atoms with van der Waals surface area (Å²) in [6.07, 6.45) is -0.562. The Balaban J connectivity index is 1.77. The molecule has 6 heteroatoms. The number of nitrogens with zero attached hydrogens (tertiary/aromatic N) is 2. The fourth-order valence-electron chi connectivity index (χ4n) is 3.82. The van der Waals surface area contributed by atoms with Crippen molar-refractivity contribution in [3.63, 3.8) is 0 Å². The maximum absolute atomic E-state index is 13.4. The lowest BCUT2D eigenvalue weighted by Gasteiger charge is -2.17. The minimum absolute atomic E-state index is 0.0580. The van der Waals surface area contributed by atoms with E-state index in [0.29, 0.717) is 28.5 Å². The van der Waals surface area contributed by atoms with E-state index in [1.807, 2.05) is 25.1 Å². The van der Waals surface area contributed by atoms with Crippen molar-refractivity contribution in [3.8, 4) is 0 Å². The van der Waals surface area contributed by atoms with Crippen molar-refractivity contribution in [1.82, 2.24) is 9.13 Å². The Labute approximate surface area is 185 Å². The number of carbonyl (C=O) groups is 1. The summed E-state index contributed by atoms with van der Waals surface area (Å²) in [6, 6.07) is 23.1. The van der Waals surface area contributed by atoms with Crippen LogP contribution < -0.4 is 11.2 Å². The third-order valence-electron chi connectivity index (χ3n) is 5.61. The van der Waals surface area contributed by atoms with Gasteiger partial charge < -0.3 is 5.11 Å². The van der Waals surface area contributed by atoms with Crippen molar-refractivity contribution in [3.05, 3.63) is 116 Å². The zero-order valence-electron chi connectivity index (χ0n) is 17.8. The van der Waals surface area contributed by atoms with E-state index in [-0.39, 0.29) is 18.9 Å². The van der Waals surface area contributed by atoms with Gasteiger partial charge in [0.1, 0.15) is 0 Å². The van der Waals surface area contributed by atoms with Crippen molar-refractivity contribution in [2.75, 3.05) is 0 Å². The summed E-state index contributed by atoms with van der Waals surface area (Å²) in [5, 5.41) is 11.0. The summed E-state index contributed by atoms with van der Waals surface area (Å²) in [7, 11) is 0. The van der Waals surface area contributed by atoms with Crippen molar-refractivity contribution in [2.45, 2.75) is 32.5 Å². The van der Waals surface area contributed by atoms with Crippen LogP contribution >= 0.6 is 0 Å². The topological polar surface area (TPSA) is 81.3 Å². The Morgan fingerprint density at radius 1 is 0.875 bits per heavy atom. The van der Waals surface area contributed by atoms with Gasteiger partial charge in [-0.1, -0.05) is 73.7 Å². The van der Waals surface area contributed by atoms with E-state index in [0.717, 1.165) is 10.1 Å². The average Bonchev–Trinajstić information content (AvgIpc) is 2.84. The van der Waals surface area contributed by atoms with E-state index in [1.54, 1.807) is 60.7 Å². The molecular weight excluding hydrogens is 404 g/mol. The number of para-hydroxylation sites is 1. The minimum Gasteiger partial charge on any atom is -0.387 e. The molecule has 0 radical (unpaired) electrons. The number of aromatic nitrogens is 2. The molecule has 0 saturated heterocycles. The number of rotatable bonds is 7. The largest absolute Gasteiger partial charge is 0.387 e. The number of Topliss-reactive ketones (excluding diaryl/α,β-unsaturated/α-hetero) is 1. The molecule has 0 bridgehead atoms. The lowest BCUT2D eigenvalue weighted by Crippen LogP contribution is -2.41. The number of benzene rings is 3. The van der Waals surface area contributed by atoms with Gasteiger partial charge in [-0.25, -0.2) is 4.79 Å². The van der Waals surface area contributed by atoms with Gasteiger partial charge in [0.25, 0.3) is 5.56 Å². The second kappa shape index (κ2) is 9.16. The highest BCUT2D eigenvalue weighted by Crippen LogP contribution is 2.15. The number of ketones is 1. The van der Waals surface area contributed by atoms with Gasteiger partial charge in [-0.15, -0.1) is 0 Å². The van der Waals surface area contributed by atoms with Crippen molar-refractivity contribution in [1.29, 1.82) is 0 Å². The first-order valence-electron chi connectivity index (χ1n) is 10.6. The molecule has 0 aliphatic rings. The van der Waals surface area contributed by atoms with Gasteiger partial charge >= 0.3 is 5.69 Å². The maximum atomic E-state index is 13.4. The SMILES string of the molecule is CCC(=O)c1ccc(Cn2c(=O)n(CC(O)c3ccccc3)c(=O)c3ccccc32)cc1. The van der Waals surface area contributed by atoms with Crippen LogP contribution in [0.5, 0.6) is 0 Å². The fraction of sp³-hybridized carbons (Fsp3) is 0.192. The minimum atomic E-state index is -0.990. The van der Waals surface area contributed by atoms with Gasteiger partial charge in [-0.3, -0.25) is 18.7 Å². The molecule has 162 valence electrons. The molecule has 0 aliphatic heterocycles. The molecule has 0 amide bonds. The molecule has 1 unspecified atom stereocenters. The standard InChI is InChI=1S/C26H24N2O4/c1-2-23(29)20-14-12-18(13-15-20)16-27-22-11-7-6-10-21(22)25(31)28(26(27)32)17-24(30)19-8-4-3-5-9-19/h3-15,24,30H,2,16-17H2,1H3. The molecule has 32 heavy (non-hydrogen) atoms. The number of aliphatic hydroxyl groups is 1. The van der Waals surface area contributed by atoms with Gasteiger partial charge in [0.2, 0.25) is 0 Å². The van der Waals surface area contributed by atoms with Crippen LogP contribution in [0.25, 0.3) is 10.9 Å². The third kappa shape index (κ3) is 4.18. The molecule has 0 fully saturated rings. The Hall–Kier alpha value is -3.77. The van der Waals surface area contributed by atoms with E-state index < -0.39 is 17.4 Å². The second-order valence-corrected chi connectivity index (χ2v) is 7.70. The molecule has 1 heterocycles. The van der Waals surface area contributed by atoms with E-state index in [9.17, 15) is 19.5 Å². The summed E-state index contributed by atoms with van der Waals surface area (Å²) in [4.78, 5) is 38.3. The van der Waals surface area contributed by atoms with E-state index in [1.165, 1.54) is 4.57 Å². The number of aliphatic hydroxyl groups excluding tert-OH is 1. The van der Waals surface area contributed by atoms with Crippen molar-refractivity contribution in [2.24, 2.45) is 0 Å².